The number of rotatable bonds is 3. The number of aliphatic carboxylic acids is 1. The van der Waals surface area contributed by atoms with Gasteiger partial charge in [-0.25, -0.2) is 9.59 Å². The number of carboxylic acids is 1. The zero-order valence-electron chi connectivity index (χ0n) is 9.42. The third-order valence-electron chi connectivity index (χ3n) is 1.86. The Morgan fingerprint density at radius 2 is 1.88 bits per heavy atom. The van der Waals surface area contributed by atoms with Crippen LogP contribution in [0.2, 0.25) is 0 Å². The minimum atomic E-state index is -2.40. The Hall–Kier alpha value is -1.25. The van der Waals surface area contributed by atoms with E-state index in [9.17, 15) is 19.5 Å². The molecule has 9 heteroatoms. The van der Waals surface area contributed by atoms with Gasteiger partial charge in [0, 0.05) is 0 Å². The van der Waals surface area contributed by atoms with Gasteiger partial charge in [0.05, 0.1) is 20.2 Å². The van der Waals surface area contributed by atoms with Gasteiger partial charge in [0.25, 0.3) is 0 Å². The molecule has 17 heavy (non-hydrogen) atoms. The first-order chi connectivity index (χ1) is 7.47. The molecule has 0 amide bonds. The van der Waals surface area contributed by atoms with E-state index in [4.69, 9.17) is 0 Å². The van der Waals surface area contributed by atoms with Crippen LogP contribution in [0.4, 0.5) is 0 Å². The molecule has 0 aromatic rings. The Kier molecular flexibility index (Phi) is 5.46. The molecule has 1 unspecified atom stereocenters. The molecule has 0 radical (unpaired) electrons. The van der Waals surface area contributed by atoms with Crippen molar-refractivity contribution in [3.63, 3.8) is 0 Å². The van der Waals surface area contributed by atoms with E-state index in [1.807, 2.05) is 0 Å². The maximum Gasteiger partial charge on any atom is 1.00 e. The summed E-state index contributed by atoms with van der Waals surface area (Å²) in [6.45, 7) is 0. The molecule has 1 aliphatic rings. The molecule has 1 aliphatic heterocycles. The third kappa shape index (κ3) is 2.71. The molecule has 8 nitrogen and oxygen atoms in total. The smallest absolute Gasteiger partial charge is 0.546 e. The number of nitrogens with zero attached hydrogens (tertiary/aromatic N) is 2. The summed E-state index contributed by atoms with van der Waals surface area (Å²) in [5, 5.41) is 17.2. The SMILES string of the molecule is COC(=O)C1=CC(C(=O)[O-])(C(=O)OC)N=N1.[Na+]. The molecule has 0 saturated heterocycles. The van der Waals surface area contributed by atoms with Crippen molar-refractivity contribution in [2.75, 3.05) is 14.2 Å². The molecular weight excluding hydrogens is 243 g/mol. The quantitative estimate of drug-likeness (QED) is 0.282. The summed E-state index contributed by atoms with van der Waals surface area (Å²) in [6.07, 6.45) is 0.722. The first-order valence-electron chi connectivity index (χ1n) is 4.02. The minimum absolute atomic E-state index is 0. The van der Waals surface area contributed by atoms with E-state index in [-0.39, 0.29) is 29.6 Å². The number of carbonyl (C=O) groups excluding carboxylic acids is 3. The first kappa shape index (κ1) is 15.8. The Balaban J connectivity index is 0.00000256. The predicted octanol–water partition coefficient (Wildman–Crippen LogP) is -4.83. The molecule has 86 valence electrons. The van der Waals surface area contributed by atoms with Crippen molar-refractivity contribution < 1.29 is 58.5 Å². The number of carbonyl (C=O) groups is 3. The molecule has 0 fully saturated rings. The summed E-state index contributed by atoms with van der Waals surface area (Å²) in [6, 6.07) is 0. The van der Waals surface area contributed by atoms with Gasteiger partial charge in [0.2, 0.25) is 5.54 Å². The largest absolute Gasteiger partial charge is 1.00 e. The van der Waals surface area contributed by atoms with Crippen molar-refractivity contribution in [2.24, 2.45) is 10.2 Å². The molecule has 0 aromatic heterocycles. The van der Waals surface area contributed by atoms with Gasteiger partial charge >= 0.3 is 41.5 Å². The van der Waals surface area contributed by atoms with Crippen LogP contribution in [-0.4, -0.2) is 37.7 Å². The van der Waals surface area contributed by atoms with Crippen molar-refractivity contribution in [3.8, 4) is 0 Å². The van der Waals surface area contributed by atoms with Crippen LogP contribution >= 0.6 is 0 Å². The number of esters is 2. The van der Waals surface area contributed by atoms with Gasteiger partial charge in [0.1, 0.15) is 0 Å². The Morgan fingerprint density at radius 3 is 2.29 bits per heavy atom. The number of carboxylic acid groups (broad SMARTS) is 1. The Morgan fingerprint density at radius 1 is 1.29 bits per heavy atom. The van der Waals surface area contributed by atoms with E-state index >= 15 is 0 Å². The number of methoxy groups -OCH3 is 2. The van der Waals surface area contributed by atoms with E-state index in [2.05, 4.69) is 19.7 Å². The fourth-order valence-corrected chi connectivity index (χ4v) is 1.03. The van der Waals surface area contributed by atoms with Crippen LogP contribution in [0, 0.1) is 0 Å². The van der Waals surface area contributed by atoms with Gasteiger partial charge < -0.3 is 19.4 Å². The average molecular weight is 250 g/mol. The second-order valence-electron chi connectivity index (χ2n) is 2.77. The van der Waals surface area contributed by atoms with Gasteiger partial charge in [0.15, 0.2) is 5.70 Å². The number of azo groups is 1. The van der Waals surface area contributed by atoms with E-state index in [0.29, 0.717) is 0 Å². The van der Waals surface area contributed by atoms with Crippen molar-refractivity contribution in [2.45, 2.75) is 5.54 Å². The van der Waals surface area contributed by atoms with Gasteiger partial charge in [-0.05, 0) is 6.08 Å². The summed E-state index contributed by atoms with van der Waals surface area (Å²) in [4.78, 5) is 33.1. The molecule has 0 bridgehead atoms. The monoisotopic (exact) mass is 250 g/mol. The minimum Gasteiger partial charge on any atom is -0.546 e. The molecule has 1 heterocycles. The second kappa shape index (κ2) is 5.89. The second-order valence-corrected chi connectivity index (χ2v) is 2.77. The van der Waals surface area contributed by atoms with Crippen LogP contribution < -0.4 is 34.7 Å². The summed E-state index contributed by atoms with van der Waals surface area (Å²) in [5.74, 6) is -3.94. The van der Waals surface area contributed by atoms with Crippen LogP contribution in [0.3, 0.4) is 0 Å². The molecule has 1 atom stereocenters. The zero-order chi connectivity index (χ0) is 12.3. The number of hydrogen-bond acceptors (Lipinski definition) is 8. The summed E-state index contributed by atoms with van der Waals surface area (Å²) >= 11 is 0. The summed E-state index contributed by atoms with van der Waals surface area (Å²) in [5.41, 5.74) is -2.80. The summed E-state index contributed by atoms with van der Waals surface area (Å²) in [7, 11) is 2.06. The number of ether oxygens (including phenoxy) is 2. The molecule has 0 saturated carbocycles. The maximum atomic E-state index is 11.2. The molecule has 1 rings (SSSR count). The van der Waals surface area contributed by atoms with Crippen molar-refractivity contribution in [1.82, 2.24) is 0 Å². The van der Waals surface area contributed by atoms with Crippen LogP contribution in [-0.2, 0) is 23.9 Å². The van der Waals surface area contributed by atoms with Crippen molar-refractivity contribution in [3.05, 3.63) is 11.8 Å². The summed E-state index contributed by atoms with van der Waals surface area (Å²) < 4.78 is 8.54. The third-order valence-corrected chi connectivity index (χ3v) is 1.86. The molecule has 0 spiro atoms. The van der Waals surface area contributed by atoms with Crippen LogP contribution in [0.1, 0.15) is 0 Å². The molecule has 0 aliphatic carbocycles. The first-order valence-corrected chi connectivity index (χ1v) is 4.02. The Labute approximate surface area is 118 Å². The van der Waals surface area contributed by atoms with Gasteiger partial charge in [-0.15, -0.1) is 5.11 Å². The topological polar surface area (TPSA) is 117 Å². The van der Waals surface area contributed by atoms with Crippen LogP contribution in [0.5, 0.6) is 0 Å². The standard InChI is InChI=1S/C8H8N2O6.Na/c1-15-5(11)4-3-8(6(12)13,10-9-4)7(14)16-2;/h3H,1-2H3,(H,12,13);/q;+1/p-1. The zero-order valence-corrected chi connectivity index (χ0v) is 11.4. The normalized spacial score (nSPS) is 21.2. The van der Waals surface area contributed by atoms with E-state index < -0.39 is 29.1 Å². The average Bonchev–Trinajstić information content (AvgIpc) is 2.73. The van der Waals surface area contributed by atoms with Crippen LogP contribution in [0.15, 0.2) is 22.0 Å². The molecule has 0 aromatic carbocycles. The van der Waals surface area contributed by atoms with Gasteiger partial charge in [-0.2, -0.15) is 5.11 Å². The van der Waals surface area contributed by atoms with Crippen LogP contribution in [0.25, 0.3) is 0 Å². The van der Waals surface area contributed by atoms with Crippen molar-refractivity contribution >= 4 is 17.9 Å². The number of hydrogen-bond donors (Lipinski definition) is 0. The Bertz CT molecular complexity index is 418. The predicted molar refractivity (Wildman–Crippen MR) is 44.7 cm³/mol. The van der Waals surface area contributed by atoms with Crippen molar-refractivity contribution in [1.29, 1.82) is 0 Å². The van der Waals surface area contributed by atoms with Gasteiger partial charge in [-0.3, -0.25) is 0 Å². The van der Waals surface area contributed by atoms with E-state index in [1.54, 1.807) is 0 Å². The fourth-order valence-electron chi connectivity index (χ4n) is 1.03. The fraction of sp³-hybridized carbons (Fsp3) is 0.375. The van der Waals surface area contributed by atoms with E-state index in [0.717, 1.165) is 20.3 Å². The molecule has 0 N–H and O–H groups in total. The maximum absolute atomic E-state index is 11.2. The van der Waals surface area contributed by atoms with E-state index in [1.165, 1.54) is 0 Å². The molecular formula is C8H7N2NaO6. The van der Waals surface area contributed by atoms with Gasteiger partial charge in [-0.1, -0.05) is 0 Å².